The Hall–Kier alpha value is -2.43. The monoisotopic (exact) mass is 244 g/mol. The predicted octanol–water partition coefficient (Wildman–Crippen LogP) is 2.06. The second kappa shape index (κ2) is 5.27. The molecular weight excluding hydrogens is 232 g/mol. The fourth-order valence-corrected chi connectivity index (χ4v) is 1.48. The number of aromatic nitrogens is 2. The zero-order chi connectivity index (χ0) is 13.0. The summed E-state index contributed by atoms with van der Waals surface area (Å²) in [6, 6.07) is 6.72. The number of aromatic carboxylic acids is 1. The molecule has 5 nitrogen and oxygen atoms in total. The van der Waals surface area contributed by atoms with Gasteiger partial charge in [0.1, 0.15) is 17.9 Å². The topological polar surface area (TPSA) is 72.3 Å². The third kappa shape index (κ3) is 2.82. The van der Waals surface area contributed by atoms with Gasteiger partial charge in [0, 0.05) is 12.4 Å². The van der Waals surface area contributed by atoms with Crippen molar-refractivity contribution in [2.75, 3.05) is 0 Å². The van der Waals surface area contributed by atoms with Gasteiger partial charge < -0.3 is 9.84 Å². The molecule has 5 heteroatoms. The summed E-state index contributed by atoms with van der Waals surface area (Å²) in [5, 5.41) is 9.08. The van der Waals surface area contributed by atoms with Crippen molar-refractivity contribution >= 4 is 5.97 Å². The summed E-state index contributed by atoms with van der Waals surface area (Å²) in [6.07, 6.45) is 3.22. The van der Waals surface area contributed by atoms with Crippen molar-refractivity contribution in [3.8, 4) is 5.75 Å². The molecule has 1 aromatic carbocycles. The molecule has 0 atom stereocenters. The Balaban J connectivity index is 2.17. The van der Waals surface area contributed by atoms with Gasteiger partial charge in [-0.05, 0) is 25.1 Å². The number of aryl methyl sites for hydroxylation is 1. The van der Waals surface area contributed by atoms with Gasteiger partial charge in [-0.15, -0.1) is 0 Å². The van der Waals surface area contributed by atoms with E-state index in [-0.39, 0.29) is 12.2 Å². The molecule has 0 aliphatic carbocycles. The normalized spacial score (nSPS) is 10.1. The van der Waals surface area contributed by atoms with Crippen molar-refractivity contribution in [3.63, 3.8) is 0 Å². The smallest absolute Gasteiger partial charge is 0.339 e. The van der Waals surface area contributed by atoms with E-state index in [0.717, 1.165) is 5.56 Å². The molecular formula is C13H12N2O3. The summed E-state index contributed by atoms with van der Waals surface area (Å²) in [5.74, 6) is -0.183. The van der Waals surface area contributed by atoms with Gasteiger partial charge in [-0.2, -0.15) is 0 Å². The van der Waals surface area contributed by atoms with Crippen molar-refractivity contribution in [1.29, 1.82) is 0 Å². The van der Waals surface area contributed by atoms with Gasteiger partial charge in [0.05, 0.1) is 0 Å². The SMILES string of the molecule is Cc1ccc(OCc2ncccn2)c(C(=O)O)c1. The van der Waals surface area contributed by atoms with E-state index in [2.05, 4.69) is 9.97 Å². The first kappa shape index (κ1) is 12.0. The Morgan fingerprint density at radius 1 is 1.33 bits per heavy atom. The highest BCUT2D eigenvalue weighted by atomic mass is 16.5. The van der Waals surface area contributed by atoms with E-state index in [1.165, 1.54) is 0 Å². The van der Waals surface area contributed by atoms with Crippen molar-refractivity contribution in [2.45, 2.75) is 13.5 Å². The number of benzene rings is 1. The van der Waals surface area contributed by atoms with Gasteiger partial charge in [-0.3, -0.25) is 0 Å². The molecule has 0 spiro atoms. The molecule has 92 valence electrons. The largest absolute Gasteiger partial charge is 0.485 e. The lowest BCUT2D eigenvalue weighted by Crippen LogP contribution is -2.05. The van der Waals surface area contributed by atoms with Gasteiger partial charge >= 0.3 is 5.97 Å². The molecule has 0 radical (unpaired) electrons. The molecule has 18 heavy (non-hydrogen) atoms. The molecule has 1 heterocycles. The number of ether oxygens (including phenoxy) is 1. The minimum Gasteiger partial charge on any atom is -0.485 e. The molecule has 1 aromatic heterocycles. The molecule has 0 saturated heterocycles. The molecule has 1 N–H and O–H groups in total. The number of hydrogen-bond acceptors (Lipinski definition) is 4. The quantitative estimate of drug-likeness (QED) is 0.891. The minimum absolute atomic E-state index is 0.143. The van der Waals surface area contributed by atoms with Gasteiger partial charge in [-0.25, -0.2) is 14.8 Å². The number of nitrogens with zero attached hydrogens (tertiary/aromatic N) is 2. The third-order valence-corrected chi connectivity index (χ3v) is 2.34. The fraction of sp³-hybridized carbons (Fsp3) is 0.154. The summed E-state index contributed by atoms with van der Waals surface area (Å²) in [7, 11) is 0. The van der Waals surface area contributed by atoms with Crippen molar-refractivity contribution < 1.29 is 14.6 Å². The Kier molecular flexibility index (Phi) is 3.52. The van der Waals surface area contributed by atoms with Crippen LogP contribution in [0.4, 0.5) is 0 Å². The summed E-state index contributed by atoms with van der Waals surface area (Å²) >= 11 is 0. The Bertz CT molecular complexity index is 555. The van der Waals surface area contributed by atoms with E-state index in [9.17, 15) is 4.79 Å². The van der Waals surface area contributed by atoms with Gasteiger partial charge in [0.25, 0.3) is 0 Å². The number of carboxylic acid groups (broad SMARTS) is 1. The maximum atomic E-state index is 11.1. The molecule has 0 aliphatic rings. The van der Waals surface area contributed by atoms with Gasteiger partial charge in [0.15, 0.2) is 5.82 Å². The maximum Gasteiger partial charge on any atom is 0.339 e. The number of carbonyl (C=O) groups is 1. The van der Waals surface area contributed by atoms with Crippen LogP contribution in [0.15, 0.2) is 36.7 Å². The highest BCUT2D eigenvalue weighted by Gasteiger charge is 2.11. The average molecular weight is 244 g/mol. The fourth-order valence-electron chi connectivity index (χ4n) is 1.48. The third-order valence-electron chi connectivity index (χ3n) is 2.34. The molecule has 0 amide bonds. The van der Waals surface area contributed by atoms with Crippen LogP contribution < -0.4 is 4.74 Å². The van der Waals surface area contributed by atoms with Crippen LogP contribution in [0.5, 0.6) is 5.75 Å². The van der Waals surface area contributed by atoms with Crippen LogP contribution in [0.3, 0.4) is 0 Å². The molecule has 2 aromatic rings. The molecule has 0 aliphatic heterocycles. The first-order valence-electron chi connectivity index (χ1n) is 5.39. The van der Waals surface area contributed by atoms with Crippen molar-refractivity contribution in [2.24, 2.45) is 0 Å². The Labute approximate surface area is 104 Å². The zero-order valence-corrected chi connectivity index (χ0v) is 9.83. The first-order valence-corrected chi connectivity index (χ1v) is 5.39. The molecule has 0 saturated carbocycles. The standard InChI is InChI=1S/C13H12N2O3/c1-9-3-4-11(10(7-9)13(16)17)18-8-12-14-5-2-6-15-12/h2-7H,8H2,1H3,(H,16,17). The lowest BCUT2D eigenvalue weighted by atomic mass is 10.1. The van der Waals surface area contributed by atoms with E-state index in [1.807, 2.05) is 6.92 Å². The van der Waals surface area contributed by atoms with Crippen LogP contribution in [0.2, 0.25) is 0 Å². The summed E-state index contributed by atoms with van der Waals surface area (Å²) in [5.41, 5.74) is 1.02. The van der Waals surface area contributed by atoms with E-state index in [4.69, 9.17) is 9.84 Å². The van der Waals surface area contributed by atoms with E-state index >= 15 is 0 Å². The van der Waals surface area contributed by atoms with Gasteiger partial charge in [-0.1, -0.05) is 11.6 Å². The zero-order valence-electron chi connectivity index (χ0n) is 9.83. The highest BCUT2D eigenvalue weighted by Crippen LogP contribution is 2.20. The van der Waals surface area contributed by atoms with E-state index < -0.39 is 5.97 Å². The lowest BCUT2D eigenvalue weighted by molar-refractivity contribution is 0.0691. The maximum absolute atomic E-state index is 11.1. The Morgan fingerprint density at radius 3 is 2.72 bits per heavy atom. The van der Waals surface area contributed by atoms with Crippen LogP contribution >= 0.6 is 0 Å². The summed E-state index contributed by atoms with van der Waals surface area (Å²) < 4.78 is 5.43. The second-order valence-electron chi connectivity index (χ2n) is 3.76. The minimum atomic E-state index is -1.01. The Morgan fingerprint density at radius 2 is 2.06 bits per heavy atom. The number of rotatable bonds is 4. The highest BCUT2D eigenvalue weighted by molar-refractivity contribution is 5.91. The predicted molar refractivity (Wildman–Crippen MR) is 64.5 cm³/mol. The number of carboxylic acids is 1. The number of hydrogen-bond donors (Lipinski definition) is 1. The summed E-state index contributed by atoms with van der Waals surface area (Å²) in [4.78, 5) is 19.1. The molecule has 2 rings (SSSR count). The van der Waals surface area contributed by atoms with E-state index in [0.29, 0.717) is 11.6 Å². The molecule has 0 bridgehead atoms. The molecule has 0 unspecified atom stereocenters. The van der Waals surface area contributed by atoms with Crippen molar-refractivity contribution in [3.05, 3.63) is 53.6 Å². The van der Waals surface area contributed by atoms with Crippen LogP contribution in [0.25, 0.3) is 0 Å². The van der Waals surface area contributed by atoms with E-state index in [1.54, 1.807) is 36.7 Å². The second-order valence-corrected chi connectivity index (χ2v) is 3.76. The average Bonchev–Trinajstić information content (AvgIpc) is 2.38. The van der Waals surface area contributed by atoms with Gasteiger partial charge in [0.2, 0.25) is 0 Å². The lowest BCUT2D eigenvalue weighted by Gasteiger charge is -2.08. The van der Waals surface area contributed by atoms with Crippen molar-refractivity contribution in [1.82, 2.24) is 9.97 Å². The van der Waals surface area contributed by atoms with Crippen LogP contribution in [-0.4, -0.2) is 21.0 Å². The van der Waals surface area contributed by atoms with Crippen LogP contribution in [-0.2, 0) is 6.61 Å². The van der Waals surface area contributed by atoms with Crippen LogP contribution in [0.1, 0.15) is 21.7 Å². The summed E-state index contributed by atoms with van der Waals surface area (Å²) in [6.45, 7) is 1.97. The molecule has 0 fully saturated rings. The van der Waals surface area contributed by atoms with Crippen LogP contribution in [0, 0.1) is 6.92 Å². The first-order chi connectivity index (χ1) is 8.66.